The molecule has 5 aromatic rings. The van der Waals surface area contributed by atoms with Gasteiger partial charge < -0.3 is 20.3 Å². The van der Waals surface area contributed by atoms with Crippen LogP contribution in [0.5, 0.6) is 5.88 Å². The lowest BCUT2D eigenvalue weighted by Gasteiger charge is -2.10. The van der Waals surface area contributed by atoms with E-state index in [9.17, 15) is 9.90 Å². The fourth-order valence-corrected chi connectivity index (χ4v) is 3.99. The van der Waals surface area contributed by atoms with Gasteiger partial charge in [0.25, 0.3) is 5.91 Å². The van der Waals surface area contributed by atoms with Crippen LogP contribution in [0.1, 0.15) is 28.8 Å². The van der Waals surface area contributed by atoms with E-state index in [0.29, 0.717) is 41.6 Å². The lowest BCUT2D eigenvalue weighted by Crippen LogP contribution is -2.21. The zero-order valence-corrected chi connectivity index (χ0v) is 19.6. The number of ether oxygens (including phenoxy) is 1. The number of hydrogen-bond donors (Lipinski definition) is 3. The highest BCUT2D eigenvalue weighted by molar-refractivity contribution is 6.08. The van der Waals surface area contributed by atoms with Crippen molar-refractivity contribution in [2.24, 2.45) is 0 Å². The summed E-state index contributed by atoms with van der Waals surface area (Å²) in [5.41, 5.74) is 4.08. The molecular weight excluding hydrogens is 462 g/mol. The molecule has 5 rings (SSSR count). The van der Waals surface area contributed by atoms with E-state index in [1.54, 1.807) is 29.1 Å². The number of carbonyl (C=O) groups is 1. The van der Waals surface area contributed by atoms with Gasteiger partial charge in [-0.2, -0.15) is 5.10 Å². The van der Waals surface area contributed by atoms with Crippen molar-refractivity contribution in [3.05, 3.63) is 78.3 Å². The van der Waals surface area contributed by atoms with Crippen LogP contribution in [-0.4, -0.2) is 64.6 Å². The first-order valence-corrected chi connectivity index (χ1v) is 11.5. The zero-order valence-electron chi connectivity index (χ0n) is 19.6. The maximum atomic E-state index is 13.1. The average Bonchev–Trinajstić information content (AvgIpc) is 3.50. The van der Waals surface area contributed by atoms with Crippen molar-refractivity contribution < 1.29 is 19.7 Å². The summed E-state index contributed by atoms with van der Waals surface area (Å²) in [6.45, 7) is 1.96. The van der Waals surface area contributed by atoms with Gasteiger partial charge in [0.1, 0.15) is 18.4 Å². The lowest BCUT2D eigenvalue weighted by atomic mass is 10.1. The number of imidazole rings is 1. The number of pyridine rings is 1. The predicted octanol–water partition coefficient (Wildman–Crippen LogP) is 2.07. The molecule has 0 aliphatic heterocycles. The Morgan fingerprint density at radius 1 is 1.19 bits per heavy atom. The van der Waals surface area contributed by atoms with E-state index in [1.807, 2.05) is 41.9 Å². The number of aliphatic hydroxyl groups excluding tert-OH is 2. The molecule has 1 aromatic carbocycles. The molecule has 0 saturated carbocycles. The number of rotatable bonds is 9. The summed E-state index contributed by atoms with van der Waals surface area (Å²) in [7, 11) is 0. The number of amides is 1. The first-order valence-electron chi connectivity index (χ1n) is 11.5. The minimum Gasteiger partial charge on any atom is -0.475 e. The first-order chi connectivity index (χ1) is 17.6. The molecule has 1 atom stereocenters. The molecular formula is C25H25N7O4. The van der Waals surface area contributed by atoms with Crippen molar-refractivity contribution in [3.8, 4) is 5.88 Å². The van der Waals surface area contributed by atoms with Crippen LogP contribution in [0.4, 0.5) is 5.69 Å². The highest BCUT2D eigenvalue weighted by Gasteiger charge is 2.18. The van der Waals surface area contributed by atoms with Crippen LogP contribution in [0.15, 0.2) is 61.2 Å². The summed E-state index contributed by atoms with van der Waals surface area (Å²) in [5, 5.41) is 27.2. The van der Waals surface area contributed by atoms with Crippen LogP contribution in [0, 0.1) is 0 Å². The predicted molar refractivity (Wildman–Crippen MR) is 132 cm³/mol. The van der Waals surface area contributed by atoms with Crippen molar-refractivity contribution in [1.29, 1.82) is 0 Å². The minimum atomic E-state index is -0.969. The highest BCUT2D eigenvalue weighted by Crippen LogP contribution is 2.28. The van der Waals surface area contributed by atoms with Crippen molar-refractivity contribution in [2.75, 3.05) is 18.5 Å². The van der Waals surface area contributed by atoms with Gasteiger partial charge in [-0.05, 0) is 24.6 Å². The standard InChI is InChI=1S/C25H25N7O4/c1-2-18-24-19(29-25(35)21-11-27-22-12-26-9-10-31(21)22)6-4-7-20(24)32(30-18)13-16-5-3-8-23(28-16)36-15-17(34)14-33/h3-12,17,33-34H,2,13-15H2,1H3,(H,29,35). The maximum absolute atomic E-state index is 13.1. The fraction of sp³-hybridized carbons (Fsp3) is 0.240. The average molecular weight is 488 g/mol. The molecule has 4 heterocycles. The molecule has 4 aromatic heterocycles. The van der Waals surface area contributed by atoms with E-state index in [0.717, 1.165) is 16.6 Å². The van der Waals surface area contributed by atoms with E-state index < -0.39 is 6.10 Å². The Balaban J connectivity index is 1.43. The Kier molecular flexibility index (Phi) is 6.56. The van der Waals surface area contributed by atoms with Crippen molar-refractivity contribution >= 4 is 28.1 Å². The molecule has 0 bridgehead atoms. The molecule has 184 valence electrons. The third-order valence-electron chi connectivity index (χ3n) is 5.71. The topological polar surface area (TPSA) is 140 Å². The van der Waals surface area contributed by atoms with E-state index in [4.69, 9.17) is 14.9 Å². The molecule has 0 spiro atoms. The number of aliphatic hydroxyl groups is 2. The number of fused-ring (bicyclic) bond motifs is 2. The van der Waals surface area contributed by atoms with Crippen LogP contribution in [0.25, 0.3) is 16.6 Å². The Hall–Kier alpha value is -4.35. The Morgan fingerprint density at radius 3 is 2.89 bits per heavy atom. The van der Waals surface area contributed by atoms with Crippen LogP contribution < -0.4 is 10.1 Å². The van der Waals surface area contributed by atoms with Crippen molar-refractivity contribution in [2.45, 2.75) is 26.0 Å². The number of aromatic nitrogens is 6. The van der Waals surface area contributed by atoms with Crippen LogP contribution in [0.2, 0.25) is 0 Å². The number of anilines is 1. The number of benzene rings is 1. The van der Waals surface area contributed by atoms with E-state index in [-0.39, 0.29) is 19.1 Å². The molecule has 0 aliphatic carbocycles. The molecule has 0 radical (unpaired) electrons. The van der Waals surface area contributed by atoms with Gasteiger partial charge in [-0.15, -0.1) is 0 Å². The second kappa shape index (κ2) is 10.1. The maximum Gasteiger partial charge on any atom is 0.274 e. The van der Waals surface area contributed by atoms with Gasteiger partial charge >= 0.3 is 0 Å². The summed E-state index contributed by atoms with van der Waals surface area (Å²) >= 11 is 0. The highest BCUT2D eigenvalue weighted by atomic mass is 16.5. The Bertz CT molecular complexity index is 1530. The lowest BCUT2D eigenvalue weighted by molar-refractivity contribution is 0.0520. The summed E-state index contributed by atoms with van der Waals surface area (Å²) in [4.78, 5) is 25.9. The smallest absolute Gasteiger partial charge is 0.274 e. The molecule has 36 heavy (non-hydrogen) atoms. The molecule has 0 fully saturated rings. The van der Waals surface area contributed by atoms with Crippen LogP contribution in [0.3, 0.4) is 0 Å². The van der Waals surface area contributed by atoms with E-state index >= 15 is 0 Å². The molecule has 11 nitrogen and oxygen atoms in total. The summed E-state index contributed by atoms with van der Waals surface area (Å²) in [6, 6.07) is 11.0. The monoisotopic (exact) mass is 487 g/mol. The van der Waals surface area contributed by atoms with Gasteiger partial charge in [-0.3, -0.25) is 18.9 Å². The van der Waals surface area contributed by atoms with Gasteiger partial charge in [0.05, 0.1) is 48.1 Å². The van der Waals surface area contributed by atoms with Crippen molar-refractivity contribution in [1.82, 2.24) is 29.1 Å². The normalized spacial score (nSPS) is 12.2. The summed E-state index contributed by atoms with van der Waals surface area (Å²) in [5.74, 6) is 0.0657. The number of nitrogens with one attached hydrogen (secondary N) is 1. The zero-order chi connectivity index (χ0) is 25.1. The van der Waals surface area contributed by atoms with Crippen LogP contribution >= 0.6 is 0 Å². The number of carbonyl (C=O) groups excluding carboxylic acids is 1. The van der Waals surface area contributed by atoms with E-state index in [2.05, 4.69) is 20.3 Å². The number of aryl methyl sites for hydroxylation is 1. The molecule has 0 aliphatic rings. The molecule has 11 heteroatoms. The molecule has 1 unspecified atom stereocenters. The van der Waals surface area contributed by atoms with Crippen molar-refractivity contribution in [3.63, 3.8) is 0 Å². The quantitative estimate of drug-likeness (QED) is 0.287. The van der Waals surface area contributed by atoms with Gasteiger partial charge in [0, 0.05) is 23.8 Å². The summed E-state index contributed by atoms with van der Waals surface area (Å²) in [6.07, 6.45) is 6.13. The first kappa shape index (κ1) is 23.4. The number of hydrogen-bond acceptors (Lipinski definition) is 8. The van der Waals surface area contributed by atoms with Gasteiger partial charge in [0.15, 0.2) is 5.65 Å². The Morgan fingerprint density at radius 2 is 2.06 bits per heavy atom. The third kappa shape index (κ3) is 4.61. The minimum absolute atomic E-state index is 0.0519. The Labute approximate surface area is 206 Å². The summed E-state index contributed by atoms with van der Waals surface area (Å²) < 4.78 is 9.00. The van der Waals surface area contributed by atoms with Gasteiger partial charge in [-0.1, -0.05) is 19.1 Å². The van der Waals surface area contributed by atoms with Crippen LogP contribution in [-0.2, 0) is 13.0 Å². The molecule has 0 saturated heterocycles. The third-order valence-corrected chi connectivity index (χ3v) is 5.71. The SMILES string of the molecule is CCc1nn(Cc2cccc(OCC(O)CO)n2)c2cccc(NC(=O)c3cnc4cnccn34)c12. The number of nitrogens with zero attached hydrogens (tertiary/aromatic N) is 6. The second-order valence-electron chi connectivity index (χ2n) is 8.17. The molecule has 3 N–H and O–H groups in total. The van der Waals surface area contributed by atoms with E-state index in [1.165, 1.54) is 6.20 Å². The van der Waals surface area contributed by atoms with Gasteiger partial charge in [-0.25, -0.2) is 9.97 Å². The molecule has 1 amide bonds. The fourth-order valence-electron chi connectivity index (χ4n) is 3.99. The van der Waals surface area contributed by atoms with Gasteiger partial charge in [0.2, 0.25) is 5.88 Å². The largest absolute Gasteiger partial charge is 0.475 e. The second-order valence-corrected chi connectivity index (χ2v) is 8.17.